The van der Waals surface area contributed by atoms with Crippen LogP contribution in [0.4, 0.5) is 11.4 Å². The molecule has 1 amide bonds. The van der Waals surface area contributed by atoms with Crippen molar-refractivity contribution in [2.24, 2.45) is 0 Å². The predicted molar refractivity (Wildman–Crippen MR) is 83.3 cm³/mol. The first kappa shape index (κ1) is 13.5. The van der Waals surface area contributed by atoms with Crippen molar-refractivity contribution in [3.8, 4) is 5.75 Å². The molecule has 0 saturated heterocycles. The summed E-state index contributed by atoms with van der Waals surface area (Å²) in [6.07, 6.45) is 1.99. The van der Waals surface area contributed by atoms with Crippen LogP contribution in [-0.2, 0) is 17.6 Å². The molecule has 3 rings (SSSR count). The van der Waals surface area contributed by atoms with Crippen molar-refractivity contribution < 1.29 is 9.90 Å². The van der Waals surface area contributed by atoms with Gasteiger partial charge >= 0.3 is 0 Å². The van der Waals surface area contributed by atoms with Crippen molar-refractivity contribution in [2.45, 2.75) is 19.3 Å². The van der Waals surface area contributed by atoms with Crippen molar-refractivity contribution in [1.82, 2.24) is 0 Å². The Morgan fingerprint density at radius 3 is 2.86 bits per heavy atom. The largest absolute Gasteiger partial charge is 0.506 e. The number of carbonyl (C=O) groups is 1. The molecule has 2 aromatic carbocycles. The molecule has 2 aromatic rings. The normalized spacial score (nSPS) is 13.2. The van der Waals surface area contributed by atoms with Gasteiger partial charge in [0.05, 0.1) is 5.69 Å². The Morgan fingerprint density at radius 2 is 2.05 bits per heavy atom. The summed E-state index contributed by atoms with van der Waals surface area (Å²) >= 11 is 0. The second-order valence-electron chi connectivity index (χ2n) is 5.32. The van der Waals surface area contributed by atoms with Crippen LogP contribution in [-0.4, -0.2) is 17.6 Å². The lowest BCUT2D eigenvalue weighted by Crippen LogP contribution is -2.29. The number of aryl methyl sites for hydroxylation is 1. The summed E-state index contributed by atoms with van der Waals surface area (Å²) in [5.41, 5.74) is 9.26. The lowest BCUT2D eigenvalue weighted by atomic mass is 10.1. The molecular formula is C17H18N2O2. The van der Waals surface area contributed by atoms with E-state index in [9.17, 15) is 9.90 Å². The van der Waals surface area contributed by atoms with E-state index in [1.54, 1.807) is 18.2 Å². The van der Waals surface area contributed by atoms with E-state index >= 15 is 0 Å². The van der Waals surface area contributed by atoms with E-state index in [0.717, 1.165) is 24.2 Å². The number of aromatic hydroxyl groups is 1. The summed E-state index contributed by atoms with van der Waals surface area (Å²) in [7, 11) is 0. The number of phenolic OH excluding ortho intramolecular Hbond substituents is 1. The molecule has 1 aliphatic heterocycles. The predicted octanol–water partition coefficient (Wildman–Crippen LogP) is 2.50. The monoisotopic (exact) mass is 282 g/mol. The number of anilines is 2. The molecule has 108 valence electrons. The van der Waals surface area contributed by atoms with Crippen LogP contribution in [0.2, 0.25) is 0 Å². The van der Waals surface area contributed by atoms with E-state index in [0.29, 0.717) is 18.5 Å². The molecule has 0 atom stereocenters. The lowest BCUT2D eigenvalue weighted by Gasteiger charge is -2.17. The van der Waals surface area contributed by atoms with Crippen LogP contribution in [0.1, 0.15) is 17.5 Å². The van der Waals surface area contributed by atoms with E-state index in [-0.39, 0.29) is 11.7 Å². The maximum atomic E-state index is 12.4. The van der Waals surface area contributed by atoms with Gasteiger partial charge in [-0.25, -0.2) is 0 Å². The molecule has 0 saturated carbocycles. The van der Waals surface area contributed by atoms with E-state index in [2.05, 4.69) is 6.07 Å². The first-order chi connectivity index (χ1) is 10.1. The van der Waals surface area contributed by atoms with Crippen molar-refractivity contribution in [1.29, 1.82) is 0 Å². The minimum atomic E-state index is 0.0820. The first-order valence-electron chi connectivity index (χ1n) is 7.11. The van der Waals surface area contributed by atoms with Gasteiger partial charge in [-0.05, 0) is 42.2 Å². The molecule has 4 nitrogen and oxygen atoms in total. The van der Waals surface area contributed by atoms with Crippen molar-refractivity contribution in [3.05, 3.63) is 53.6 Å². The molecule has 0 aliphatic carbocycles. The molecule has 1 heterocycles. The highest BCUT2D eigenvalue weighted by molar-refractivity contribution is 5.95. The van der Waals surface area contributed by atoms with Gasteiger partial charge in [-0.1, -0.05) is 24.3 Å². The minimum Gasteiger partial charge on any atom is -0.506 e. The Bertz CT molecular complexity index is 682. The second kappa shape index (κ2) is 5.48. The number of hydrogen-bond donors (Lipinski definition) is 2. The Morgan fingerprint density at radius 1 is 1.24 bits per heavy atom. The van der Waals surface area contributed by atoms with Gasteiger partial charge in [0.2, 0.25) is 5.91 Å². The van der Waals surface area contributed by atoms with Crippen LogP contribution in [0.15, 0.2) is 42.5 Å². The summed E-state index contributed by atoms with van der Waals surface area (Å²) in [4.78, 5) is 14.2. The number of phenols is 1. The number of nitrogens with two attached hydrogens (primary N) is 1. The summed E-state index contributed by atoms with van der Waals surface area (Å²) in [5.74, 6) is 0.213. The average molecular weight is 282 g/mol. The minimum absolute atomic E-state index is 0.0820. The van der Waals surface area contributed by atoms with Gasteiger partial charge in [-0.3, -0.25) is 4.79 Å². The molecule has 21 heavy (non-hydrogen) atoms. The number of nitrogen functional groups attached to an aromatic ring is 1. The van der Waals surface area contributed by atoms with E-state index in [1.165, 1.54) is 5.56 Å². The van der Waals surface area contributed by atoms with Crippen LogP contribution in [0.3, 0.4) is 0 Å². The van der Waals surface area contributed by atoms with Crippen molar-refractivity contribution >= 4 is 17.3 Å². The van der Waals surface area contributed by atoms with Gasteiger partial charge in [0.1, 0.15) is 5.75 Å². The molecule has 0 fully saturated rings. The molecule has 0 spiro atoms. The molecule has 0 radical (unpaired) electrons. The van der Waals surface area contributed by atoms with Crippen molar-refractivity contribution in [2.75, 3.05) is 17.2 Å². The zero-order valence-corrected chi connectivity index (χ0v) is 11.7. The fraction of sp³-hybridized carbons (Fsp3) is 0.235. The Kier molecular flexibility index (Phi) is 3.52. The maximum absolute atomic E-state index is 12.4. The third kappa shape index (κ3) is 2.70. The molecule has 0 unspecified atom stereocenters. The highest BCUT2D eigenvalue weighted by atomic mass is 16.3. The summed E-state index contributed by atoms with van der Waals surface area (Å²) in [6, 6.07) is 13.1. The zero-order chi connectivity index (χ0) is 14.8. The number of nitrogens with zero attached hydrogens (tertiary/aromatic N) is 1. The van der Waals surface area contributed by atoms with Crippen LogP contribution in [0.5, 0.6) is 5.75 Å². The van der Waals surface area contributed by atoms with Crippen LogP contribution >= 0.6 is 0 Å². The number of para-hydroxylation sites is 1. The number of hydrogen-bond acceptors (Lipinski definition) is 3. The molecule has 1 aliphatic rings. The second-order valence-corrected chi connectivity index (χ2v) is 5.32. The van der Waals surface area contributed by atoms with E-state index < -0.39 is 0 Å². The maximum Gasteiger partial charge on any atom is 0.227 e. The number of benzene rings is 2. The number of amides is 1. The lowest BCUT2D eigenvalue weighted by molar-refractivity contribution is -0.118. The van der Waals surface area contributed by atoms with Crippen LogP contribution < -0.4 is 10.6 Å². The van der Waals surface area contributed by atoms with E-state index in [4.69, 9.17) is 5.73 Å². The van der Waals surface area contributed by atoms with E-state index in [1.807, 2.05) is 23.1 Å². The van der Waals surface area contributed by atoms with Gasteiger partial charge in [-0.2, -0.15) is 0 Å². The third-order valence-corrected chi connectivity index (χ3v) is 3.91. The average Bonchev–Trinajstić information content (AvgIpc) is 2.92. The Hall–Kier alpha value is -2.49. The molecule has 0 bridgehead atoms. The number of fused-ring (bicyclic) bond motifs is 1. The van der Waals surface area contributed by atoms with Gasteiger partial charge in [0.15, 0.2) is 0 Å². The van der Waals surface area contributed by atoms with Crippen LogP contribution in [0, 0.1) is 0 Å². The highest BCUT2D eigenvalue weighted by Crippen LogP contribution is 2.28. The standard InChI is InChI=1S/C17H18N2O2/c18-14-11-12(5-7-16(14)20)6-8-17(21)19-10-9-13-3-1-2-4-15(13)19/h1-5,7,11,20H,6,8-10,18H2. The van der Waals surface area contributed by atoms with Gasteiger partial charge < -0.3 is 15.7 Å². The SMILES string of the molecule is Nc1cc(CCC(=O)N2CCc3ccccc32)ccc1O. The Labute approximate surface area is 123 Å². The fourth-order valence-corrected chi connectivity index (χ4v) is 2.74. The zero-order valence-electron chi connectivity index (χ0n) is 11.7. The first-order valence-corrected chi connectivity index (χ1v) is 7.11. The number of carbonyl (C=O) groups excluding carboxylic acids is 1. The highest BCUT2D eigenvalue weighted by Gasteiger charge is 2.23. The fourth-order valence-electron chi connectivity index (χ4n) is 2.74. The van der Waals surface area contributed by atoms with Gasteiger partial charge in [0, 0.05) is 18.7 Å². The van der Waals surface area contributed by atoms with Crippen LogP contribution in [0.25, 0.3) is 0 Å². The molecule has 3 N–H and O–H groups in total. The van der Waals surface area contributed by atoms with Crippen molar-refractivity contribution in [3.63, 3.8) is 0 Å². The smallest absolute Gasteiger partial charge is 0.227 e. The molecule has 4 heteroatoms. The summed E-state index contributed by atoms with van der Waals surface area (Å²) < 4.78 is 0. The Balaban J connectivity index is 1.66. The third-order valence-electron chi connectivity index (χ3n) is 3.91. The summed E-state index contributed by atoms with van der Waals surface area (Å²) in [5, 5.41) is 9.40. The molecular weight excluding hydrogens is 264 g/mol. The topological polar surface area (TPSA) is 66.6 Å². The van der Waals surface area contributed by atoms with Gasteiger partial charge in [0.25, 0.3) is 0 Å². The molecule has 0 aromatic heterocycles. The van der Waals surface area contributed by atoms with Gasteiger partial charge in [-0.15, -0.1) is 0 Å². The number of rotatable bonds is 3. The quantitative estimate of drug-likeness (QED) is 0.671. The summed E-state index contributed by atoms with van der Waals surface area (Å²) in [6.45, 7) is 0.760.